The summed E-state index contributed by atoms with van der Waals surface area (Å²) in [6.07, 6.45) is 4.21. The first-order valence-corrected chi connectivity index (χ1v) is 7.02. The number of halogens is 1. The highest BCUT2D eigenvalue weighted by molar-refractivity contribution is 7.89. The third-order valence-electron chi connectivity index (χ3n) is 2.80. The minimum absolute atomic E-state index is 0. The lowest BCUT2D eigenvalue weighted by molar-refractivity contribution is 0.428. The van der Waals surface area contributed by atoms with E-state index in [0.29, 0.717) is 11.7 Å². The maximum atomic E-state index is 11.6. The van der Waals surface area contributed by atoms with Gasteiger partial charge in [-0.1, -0.05) is 0 Å². The van der Waals surface area contributed by atoms with Gasteiger partial charge >= 0.3 is 0 Å². The molecule has 90 valence electrons. The molecule has 2 rings (SSSR count). The van der Waals surface area contributed by atoms with E-state index in [4.69, 9.17) is 0 Å². The monoisotopic (exact) mass is 254 g/mol. The summed E-state index contributed by atoms with van der Waals surface area (Å²) in [5.41, 5.74) is 0. The van der Waals surface area contributed by atoms with E-state index in [0.717, 1.165) is 38.8 Å². The van der Waals surface area contributed by atoms with Gasteiger partial charge in [0.15, 0.2) is 0 Å². The van der Waals surface area contributed by atoms with Crippen LogP contribution >= 0.6 is 12.4 Å². The molecular formula is C9H19ClN2O2S. The Morgan fingerprint density at radius 3 is 2.53 bits per heavy atom. The number of piperidine rings is 1. The lowest BCUT2D eigenvalue weighted by Crippen LogP contribution is -2.46. The number of hydrogen-bond donors (Lipinski definition) is 2. The minimum Gasteiger partial charge on any atom is -0.315 e. The predicted octanol–water partition coefficient (Wildman–Crippen LogP) is 0.490. The summed E-state index contributed by atoms with van der Waals surface area (Å²) >= 11 is 0. The Labute approximate surface area is 97.7 Å². The maximum Gasteiger partial charge on any atom is 0.212 e. The molecule has 1 unspecified atom stereocenters. The molecule has 4 nitrogen and oxygen atoms in total. The zero-order valence-corrected chi connectivity index (χ0v) is 10.4. The first kappa shape index (κ1) is 13.2. The molecule has 1 saturated carbocycles. The molecule has 0 bridgehead atoms. The van der Waals surface area contributed by atoms with Crippen molar-refractivity contribution in [2.24, 2.45) is 5.92 Å². The first-order chi connectivity index (χ1) is 6.66. The molecule has 6 heteroatoms. The summed E-state index contributed by atoms with van der Waals surface area (Å²) in [5, 5.41) is 3.20. The van der Waals surface area contributed by atoms with Crippen molar-refractivity contribution in [2.75, 3.05) is 18.8 Å². The molecule has 2 fully saturated rings. The molecule has 0 radical (unpaired) electrons. The lowest BCUT2D eigenvalue weighted by Gasteiger charge is -2.23. The second-order valence-electron chi connectivity index (χ2n) is 4.39. The summed E-state index contributed by atoms with van der Waals surface area (Å²) in [5.74, 6) is 0.771. The second kappa shape index (κ2) is 5.48. The van der Waals surface area contributed by atoms with Gasteiger partial charge in [0.2, 0.25) is 10.0 Å². The molecule has 2 N–H and O–H groups in total. The SMILES string of the molecule is Cl.O=S(=O)(CC1CC1)NC1CCCNC1. The van der Waals surface area contributed by atoms with Crippen molar-refractivity contribution >= 4 is 22.4 Å². The molecule has 0 aromatic heterocycles. The predicted molar refractivity (Wildman–Crippen MR) is 62.8 cm³/mol. The summed E-state index contributed by atoms with van der Waals surface area (Å²) in [6, 6.07) is 0.118. The average molecular weight is 255 g/mol. The smallest absolute Gasteiger partial charge is 0.212 e. The Kier molecular flexibility index (Phi) is 4.83. The fourth-order valence-electron chi connectivity index (χ4n) is 1.85. The second-order valence-corrected chi connectivity index (χ2v) is 6.18. The van der Waals surface area contributed by atoms with Gasteiger partial charge in [-0.15, -0.1) is 12.4 Å². The maximum absolute atomic E-state index is 11.6. The Morgan fingerprint density at radius 2 is 2.00 bits per heavy atom. The van der Waals surface area contributed by atoms with Crippen molar-refractivity contribution in [3.63, 3.8) is 0 Å². The fraction of sp³-hybridized carbons (Fsp3) is 1.00. The van der Waals surface area contributed by atoms with E-state index in [-0.39, 0.29) is 18.4 Å². The van der Waals surface area contributed by atoms with Gasteiger partial charge in [-0.05, 0) is 38.1 Å². The molecule has 1 aliphatic carbocycles. The molecule has 0 spiro atoms. The Hall–Kier alpha value is 0.160. The third kappa shape index (κ3) is 4.68. The van der Waals surface area contributed by atoms with Crippen LogP contribution < -0.4 is 10.0 Å². The normalized spacial score (nSPS) is 27.1. The van der Waals surface area contributed by atoms with Crippen molar-refractivity contribution < 1.29 is 8.42 Å². The molecule has 0 aromatic rings. The van der Waals surface area contributed by atoms with Crippen LogP contribution in [0.2, 0.25) is 0 Å². The third-order valence-corrected chi connectivity index (χ3v) is 4.40. The van der Waals surface area contributed by atoms with Gasteiger partial charge in [-0.3, -0.25) is 0 Å². The Balaban J connectivity index is 0.00000112. The van der Waals surface area contributed by atoms with Gasteiger partial charge < -0.3 is 5.32 Å². The summed E-state index contributed by atoms with van der Waals surface area (Å²) < 4.78 is 26.0. The van der Waals surface area contributed by atoms with Gasteiger partial charge in [-0.2, -0.15) is 0 Å². The molecule has 2 aliphatic rings. The van der Waals surface area contributed by atoms with Gasteiger partial charge in [-0.25, -0.2) is 13.1 Å². The molecule has 15 heavy (non-hydrogen) atoms. The molecule has 1 heterocycles. The van der Waals surface area contributed by atoms with Crippen molar-refractivity contribution in [3.05, 3.63) is 0 Å². The molecule has 1 atom stereocenters. The molecule has 1 aliphatic heterocycles. The van der Waals surface area contributed by atoms with E-state index in [1.165, 1.54) is 0 Å². The van der Waals surface area contributed by atoms with Crippen LogP contribution in [0.25, 0.3) is 0 Å². The highest BCUT2D eigenvalue weighted by Crippen LogP contribution is 2.30. The van der Waals surface area contributed by atoms with Gasteiger partial charge in [0, 0.05) is 12.6 Å². The van der Waals surface area contributed by atoms with Crippen molar-refractivity contribution in [3.8, 4) is 0 Å². The first-order valence-electron chi connectivity index (χ1n) is 5.36. The number of nitrogens with one attached hydrogen (secondary N) is 2. The summed E-state index contributed by atoms with van der Waals surface area (Å²) in [6.45, 7) is 1.80. The van der Waals surface area contributed by atoms with Crippen molar-refractivity contribution in [1.29, 1.82) is 0 Å². The fourth-order valence-corrected chi connectivity index (χ4v) is 3.61. The van der Waals surface area contributed by atoms with E-state index in [9.17, 15) is 8.42 Å². The van der Waals surface area contributed by atoms with E-state index in [1.54, 1.807) is 0 Å². The van der Waals surface area contributed by atoms with Gasteiger partial charge in [0.1, 0.15) is 0 Å². The Bertz CT molecular complexity index is 284. The lowest BCUT2D eigenvalue weighted by atomic mass is 10.1. The van der Waals surface area contributed by atoms with E-state index in [2.05, 4.69) is 10.0 Å². The summed E-state index contributed by atoms with van der Waals surface area (Å²) in [7, 11) is -3.01. The standard InChI is InChI=1S/C9H18N2O2S.ClH/c12-14(13,7-8-3-4-8)11-9-2-1-5-10-6-9;/h8-11H,1-7H2;1H. The van der Waals surface area contributed by atoms with Crippen LogP contribution in [-0.4, -0.2) is 33.3 Å². The number of sulfonamides is 1. The van der Waals surface area contributed by atoms with Crippen LogP contribution in [0.5, 0.6) is 0 Å². The van der Waals surface area contributed by atoms with Crippen molar-refractivity contribution in [1.82, 2.24) is 10.0 Å². The van der Waals surface area contributed by atoms with E-state index in [1.807, 2.05) is 0 Å². The minimum atomic E-state index is -3.01. The van der Waals surface area contributed by atoms with E-state index >= 15 is 0 Å². The van der Waals surface area contributed by atoms with Crippen LogP contribution in [0.3, 0.4) is 0 Å². The Morgan fingerprint density at radius 1 is 1.27 bits per heavy atom. The summed E-state index contributed by atoms with van der Waals surface area (Å²) in [4.78, 5) is 0. The van der Waals surface area contributed by atoms with Crippen LogP contribution in [0.15, 0.2) is 0 Å². The molecule has 1 saturated heterocycles. The van der Waals surface area contributed by atoms with Crippen LogP contribution in [0.4, 0.5) is 0 Å². The highest BCUT2D eigenvalue weighted by Gasteiger charge is 2.29. The van der Waals surface area contributed by atoms with Gasteiger partial charge in [0.05, 0.1) is 5.75 Å². The van der Waals surface area contributed by atoms with E-state index < -0.39 is 10.0 Å². The molecule has 0 aromatic carbocycles. The largest absolute Gasteiger partial charge is 0.315 e. The molecular weight excluding hydrogens is 236 g/mol. The zero-order valence-electron chi connectivity index (χ0n) is 8.74. The van der Waals surface area contributed by atoms with Crippen LogP contribution in [-0.2, 0) is 10.0 Å². The van der Waals surface area contributed by atoms with Gasteiger partial charge in [0.25, 0.3) is 0 Å². The molecule has 0 amide bonds. The van der Waals surface area contributed by atoms with Crippen LogP contribution in [0.1, 0.15) is 25.7 Å². The zero-order chi connectivity index (χ0) is 10.0. The average Bonchev–Trinajstić information content (AvgIpc) is 2.88. The highest BCUT2D eigenvalue weighted by atomic mass is 35.5. The number of hydrogen-bond acceptors (Lipinski definition) is 3. The topological polar surface area (TPSA) is 58.2 Å². The van der Waals surface area contributed by atoms with Crippen molar-refractivity contribution in [2.45, 2.75) is 31.7 Å². The van der Waals surface area contributed by atoms with Crippen LogP contribution in [0, 0.1) is 5.92 Å². The number of rotatable bonds is 4. The quantitative estimate of drug-likeness (QED) is 0.768.